The first-order chi connectivity index (χ1) is 5.45. The van der Waals surface area contributed by atoms with Gasteiger partial charge in [-0.2, -0.15) is 0 Å². The minimum Gasteiger partial charge on any atom is -0.346 e. The molecule has 0 heterocycles. The molecule has 0 aliphatic heterocycles. The summed E-state index contributed by atoms with van der Waals surface area (Å²) in [5.74, 6) is 0.168. The van der Waals surface area contributed by atoms with Crippen molar-refractivity contribution in [3.63, 3.8) is 0 Å². The predicted octanol–water partition coefficient (Wildman–Crippen LogP) is -0.0563. The van der Waals surface area contributed by atoms with Crippen molar-refractivity contribution < 1.29 is 9.63 Å². The second-order valence-electron chi connectivity index (χ2n) is 2.76. The molecule has 0 saturated heterocycles. The summed E-state index contributed by atoms with van der Waals surface area (Å²) < 4.78 is 0. The van der Waals surface area contributed by atoms with Gasteiger partial charge in [-0.25, -0.2) is 4.79 Å². The third-order valence-electron chi connectivity index (χ3n) is 1.06. The van der Waals surface area contributed by atoms with Gasteiger partial charge >= 0.3 is 5.97 Å². The Bertz CT molecular complexity index is 177. The van der Waals surface area contributed by atoms with Crippen LogP contribution in [0.4, 0.5) is 0 Å². The molecular formula is C7H15N3O2. The van der Waals surface area contributed by atoms with Crippen molar-refractivity contribution in [2.45, 2.75) is 6.92 Å². The van der Waals surface area contributed by atoms with Crippen LogP contribution < -0.4 is 0 Å². The lowest BCUT2D eigenvalue weighted by Gasteiger charge is -2.20. The number of carbonyl (C=O) groups excluding carboxylic acids is 1. The summed E-state index contributed by atoms with van der Waals surface area (Å²) in [5.41, 5.74) is 0. The molecule has 0 aromatic rings. The fraction of sp³-hybridized carbons (Fsp3) is 0.714. The zero-order valence-corrected chi connectivity index (χ0v) is 8.16. The van der Waals surface area contributed by atoms with E-state index < -0.39 is 5.97 Å². The van der Waals surface area contributed by atoms with Crippen LogP contribution in [0.1, 0.15) is 6.92 Å². The van der Waals surface area contributed by atoms with Crippen molar-refractivity contribution in [1.82, 2.24) is 9.80 Å². The Morgan fingerprint density at radius 1 is 1.17 bits per heavy atom. The molecule has 5 nitrogen and oxygen atoms in total. The largest absolute Gasteiger partial charge is 0.346 e. The molecule has 0 atom stereocenters. The molecule has 0 aromatic heterocycles. The van der Waals surface area contributed by atoms with Gasteiger partial charge in [0, 0.05) is 35.1 Å². The Hall–Kier alpha value is -1.26. The highest BCUT2D eigenvalue weighted by molar-refractivity contribution is 5.79. The maximum absolute atomic E-state index is 10.4. The summed E-state index contributed by atoms with van der Waals surface area (Å²) >= 11 is 0. The number of nitrogens with zero attached hydrogens (tertiary/aromatic N) is 3. The number of carbonyl (C=O) groups is 1. The van der Waals surface area contributed by atoms with Gasteiger partial charge in [-0.3, -0.25) is 0 Å². The van der Waals surface area contributed by atoms with Crippen molar-refractivity contribution in [1.29, 1.82) is 0 Å². The average Bonchev–Trinajstić information content (AvgIpc) is 1.84. The standard InChI is InChI=1S/C7H15N3O2/c1-6(11)12-8-7(9(2)3)10(4)5/h1-5H3. The molecule has 12 heavy (non-hydrogen) atoms. The minimum absolute atomic E-state index is 0.420. The highest BCUT2D eigenvalue weighted by Crippen LogP contribution is 1.89. The Morgan fingerprint density at radius 2 is 1.58 bits per heavy atom. The monoisotopic (exact) mass is 173 g/mol. The van der Waals surface area contributed by atoms with E-state index in [-0.39, 0.29) is 0 Å². The Morgan fingerprint density at radius 3 is 1.83 bits per heavy atom. The molecular weight excluding hydrogens is 158 g/mol. The maximum atomic E-state index is 10.4. The van der Waals surface area contributed by atoms with Gasteiger partial charge in [0.2, 0.25) is 5.96 Å². The third-order valence-corrected chi connectivity index (χ3v) is 1.06. The highest BCUT2D eigenvalue weighted by atomic mass is 16.7. The zero-order chi connectivity index (χ0) is 9.72. The van der Waals surface area contributed by atoms with Gasteiger partial charge in [0.25, 0.3) is 0 Å². The minimum atomic E-state index is -0.420. The van der Waals surface area contributed by atoms with Gasteiger partial charge in [-0.05, 0) is 5.16 Å². The van der Waals surface area contributed by atoms with Crippen LogP contribution in [0.5, 0.6) is 0 Å². The first kappa shape index (κ1) is 10.7. The van der Waals surface area contributed by atoms with Crippen LogP contribution in [0.3, 0.4) is 0 Å². The van der Waals surface area contributed by atoms with Crippen LogP contribution in [0, 0.1) is 0 Å². The Kier molecular flexibility index (Phi) is 4.10. The van der Waals surface area contributed by atoms with Gasteiger partial charge < -0.3 is 14.6 Å². The summed E-state index contributed by atoms with van der Waals surface area (Å²) in [5, 5.41) is 3.64. The van der Waals surface area contributed by atoms with E-state index in [1.54, 1.807) is 9.80 Å². The molecule has 0 bridgehead atoms. The number of guanidine groups is 1. The van der Waals surface area contributed by atoms with E-state index >= 15 is 0 Å². The Labute approximate surface area is 72.6 Å². The molecule has 0 amide bonds. The van der Waals surface area contributed by atoms with Crippen LogP contribution in [-0.2, 0) is 9.63 Å². The van der Waals surface area contributed by atoms with Crippen LogP contribution >= 0.6 is 0 Å². The molecule has 0 spiro atoms. The van der Waals surface area contributed by atoms with Gasteiger partial charge in [-0.15, -0.1) is 0 Å². The van der Waals surface area contributed by atoms with Gasteiger partial charge in [0.05, 0.1) is 0 Å². The van der Waals surface area contributed by atoms with Crippen molar-refractivity contribution in [3.8, 4) is 0 Å². The molecule has 0 N–H and O–H groups in total. The zero-order valence-electron chi connectivity index (χ0n) is 8.16. The lowest BCUT2D eigenvalue weighted by atomic mass is 10.7. The van der Waals surface area contributed by atoms with Crippen molar-refractivity contribution in [3.05, 3.63) is 0 Å². The predicted molar refractivity (Wildman–Crippen MR) is 46.6 cm³/mol. The van der Waals surface area contributed by atoms with Crippen LogP contribution in [0.15, 0.2) is 5.16 Å². The summed E-state index contributed by atoms with van der Waals surface area (Å²) in [6.07, 6.45) is 0. The van der Waals surface area contributed by atoms with E-state index in [2.05, 4.69) is 9.99 Å². The van der Waals surface area contributed by atoms with Gasteiger partial charge in [0.15, 0.2) is 0 Å². The summed E-state index contributed by atoms with van der Waals surface area (Å²) in [6.45, 7) is 1.31. The van der Waals surface area contributed by atoms with Gasteiger partial charge in [0.1, 0.15) is 0 Å². The average molecular weight is 173 g/mol. The maximum Gasteiger partial charge on any atom is 0.332 e. The fourth-order valence-corrected chi connectivity index (χ4v) is 0.668. The van der Waals surface area contributed by atoms with Crippen molar-refractivity contribution >= 4 is 11.9 Å². The quantitative estimate of drug-likeness (QED) is 0.241. The lowest BCUT2D eigenvalue weighted by molar-refractivity contribution is -0.141. The Balaban J connectivity index is 4.29. The highest BCUT2D eigenvalue weighted by Gasteiger charge is 2.05. The molecule has 70 valence electrons. The molecule has 0 saturated carbocycles. The SMILES string of the molecule is CC(=O)ON=C(N(C)C)N(C)C. The summed E-state index contributed by atoms with van der Waals surface area (Å²) in [6, 6.07) is 0. The van der Waals surface area contributed by atoms with E-state index in [1.807, 2.05) is 28.2 Å². The molecule has 0 aromatic carbocycles. The molecule has 0 unspecified atom stereocenters. The molecule has 5 heteroatoms. The molecule has 0 rings (SSSR count). The first-order valence-electron chi connectivity index (χ1n) is 3.55. The van der Waals surface area contributed by atoms with E-state index in [0.29, 0.717) is 5.96 Å². The first-order valence-corrected chi connectivity index (χ1v) is 3.55. The molecule has 0 radical (unpaired) electrons. The second kappa shape index (κ2) is 4.58. The number of hydrogen-bond acceptors (Lipinski definition) is 3. The lowest BCUT2D eigenvalue weighted by Crippen LogP contribution is -2.35. The van der Waals surface area contributed by atoms with E-state index in [1.165, 1.54) is 6.92 Å². The fourth-order valence-electron chi connectivity index (χ4n) is 0.668. The second-order valence-corrected chi connectivity index (χ2v) is 2.76. The number of oxime groups is 1. The molecule has 0 aliphatic rings. The topological polar surface area (TPSA) is 45.1 Å². The molecule has 0 aliphatic carbocycles. The van der Waals surface area contributed by atoms with Crippen molar-refractivity contribution in [2.75, 3.05) is 28.2 Å². The van der Waals surface area contributed by atoms with E-state index in [9.17, 15) is 4.79 Å². The van der Waals surface area contributed by atoms with E-state index in [0.717, 1.165) is 0 Å². The smallest absolute Gasteiger partial charge is 0.332 e. The number of rotatable bonds is 1. The van der Waals surface area contributed by atoms with Gasteiger partial charge in [-0.1, -0.05) is 0 Å². The van der Waals surface area contributed by atoms with Crippen LogP contribution in [-0.4, -0.2) is 49.9 Å². The van der Waals surface area contributed by atoms with Crippen LogP contribution in [0.25, 0.3) is 0 Å². The van der Waals surface area contributed by atoms with E-state index in [4.69, 9.17) is 0 Å². The van der Waals surface area contributed by atoms with Crippen molar-refractivity contribution in [2.24, 2.45) is 5.16 Å². The number of hydrogen-bond donors (Lipinski definition) is 0. The summed E-state index contributed by atoms with van der Waals surface area (Å²) in [7, 11) is 7.29. The van der Waals surface area contributed by atoms with Crippen LogP contribution in [0.2, 0.25) is 0 Å². The summed E-state index contributed by atoms with van der Waals surface area (Å²) in [4.78, 5) is 18.4. The normalized spacial score (nSPS) is 8.75. The molecule has 0 fully saturated rings. The third kappa shape index (κ3) is 3.80.